The molecule has 0 N–H and O–H groups in total. The van der Waals surface area contributed by atoms with Gasteiger partial charge in [0.25, 0.3) is 0 Å². The van der Waals surface area contributed by atoms with Crippen LogP contribution in [0.1, 0.15) is 0 Å². The second kappa shape index (κ2) is 6.65. The van der Waals surface area contributed by atoms with E-state index in [9.17, 15) is 0 Å². The van der Waals surface area contributed by atoms with Crippen molar-refractivity contribution in [3.8, 4) is 0 Å². The first-order valence-electron chi connectivity index (χ1n) is 8.20. The van der Waals surface area contributed by atoms with Crippen LogP contribution < -0.4 is 21.9 Å². The van der Waals surface area contributed by atoms with Crippen LogP contribution in [-0.4, -0.2) is 26.1 Å². The molecule has 4 aromatic heterocycles. The first-order chi connectivity index (χ1) is 12.4. The van der Waals surface area contributed by atoms with E-state index in [-0.39, 0.29) is 0 Å². The van der Waals surface area contributed by atoms with E-state index in [1.807, 2.05) is 49.6 Å². The maximum atomic E-state index is 4.21. The average molecular weight is 323 g/mol. The lowest BCUT2D eigenvalue weighted by Gasteiger charge is -2.43. The number of rotatable bonds is 4. The first-order valence-corrected chi connectivity index (χ1v) is 8.20. The van der Waals surface area contributed by atoms with Gasteiger partial charge in [-0.05, 0) is 0 Å². The van der Waals surface area contributed by atoms with Gasteiger partial charge in [0.05, 0.1) is 0 Å². The second-order valence-corrected chi connectivity index (χ2v) is 5.99. The van der Waals surface area contributed by atoms with E-state index in [0.29, 0.717) is 0 Å². The zero-order valence-electron chi connectivity index (χ0n) is 13.6. The summed E-state index contributed by atoms with van der Waals surface area (Å²) in [5.74, 6) is 0. The van der Waals surface area contributed by atoms with E-state index < -0.39 is 6.15 Å². The molecular weight excluding hydrogens is 307 g/mol. The Kier molecular flexibility index (Phi) is 4.05. The highest BCUT2D eigenvalue weighted by Crippen LogP contribution is 2.07. The van der Waals surface area contributed by atoms with Gasteiger partial charge in [-0.25, -0.2) is 0 Å². The Bertz CT molecular complexity index is 769. The van der Waals surface area contributed by atoms with Crippen LogP contribution in [0.3, 0.4) is 0 Å². The van der Waals surface area contributed by atoms with Crippen LogP contribution in [0.5, 0.6) is 0 Å². The van der Waals surface area contributed by atoms with Crippen molar-refractivity contribution < 1.29 is 0 Å². The van der Waals surface area contributed by atoms with Crippen LogP contribution >= 0.6 is 0 Å². The Hall–Kier alpha value is -3.34. The molecule has 0 spiro atoms. The minimum absolute atomic E-state index is 1.19. The summed E-state index contributed by atoms with van der Waals surface area (Å²) in [4.78, 5) is 16.9. The maximum absolute atomic E-state index is 4.21. The van der Waals surface area contributed by atoms with Crippen molar-refractivity contribution >= 4 is 28.0 Å². The SMILES string of the molecule is c1cc([B-](c2ccncc2)(c2ccncc2)c2ccncc2)ccn1. The summed E-state index contributed by atoms with van der Waals surface area (Å²) in [7, 11) is 0. The molecule has 0 saturated carbocycles. The van der Waals surface area contributed by atoms with Crippen LogP contribution in [0.2, 0.25) is 0 Å². The summed E-state index contributed by atoms with van der Waals surface area (Å²) < 4.78 is 0. The average Bonchev–Trinajstić information content (AvgIpc) is 2.72. The molecule has 0 unspecified atom stereocenters. The molecule has 5 heteroatoms. The molecule has 0 amide bonds. The predicted octanol–water partition coefficient (Wildman–Crippen LogP) is 0.644. The van der Waals surface area contributed by atoms with Gasteiger partial charge in [0.1, 0.15) is 6.15 Å². The third-order valence-corrected chi connectivity index (χ3v) is 4.82. The highest BCUT2D eigenvalue weighted by molar-refractivity contribution is 7.19. The number of hydrogen-bond donors (Lipinski definition) is 0. The molecule has 0 atom stereocenters. The van der Waals surface area contributed by atoms with Crippen molar-refractivity contribution in [3.63, 3.8) is 0 Å². The van der Waals surface area contributed by atoms with E-state index >= 15 is 0 Å². The van der Waals surface area contributed by atoms with Gasteiger partial charge in [0.15, 0.2) is 0 Å². The third-order valence-electron chi connectivity index (χ3n) is 4.82. The van der Waals surface area contributed by atoms with E-state index in [1.165, 1.54) is 21.9 Å². The monoisotopic (exact) mass is 323 g/mol. The molecule has 0 bridgehead atoms. The topological polar surface area (TPSA) is 51.6 Å². The molecule has 4 nitrogen and oxygen atoms in total. The third kappa shape index (κ3) is 2.60. The Morgan fingerprint density at radius 2 is 0.560 bits per heavy atom. The summed E-state index contributed by atoms with van der Waals surface area (Å²) >= 11 is 0. The van der Waals surface area contributed by atoms with E-state index in [4.69, 9.17) is 0 Å². The van der Waals surface area contributed by atoms with E-state index in [0.717, 1.165) is 0 Å². The minimum atomic E-state index is -1.38. The fourth-order valence-corrected chi connectivity index (χ4v) is 3.76. The number of pyridine rings is 4. The Balaban J connectivity index is 2.13. The molecule has 0 aliphatic carbocycles. The smallest absolute Gasteiger partial charge is 0.108 e. The maximum Gasteiger partial charge on any atom is 0.108 e. The largest absolute Gasteiger partial charge is 0.265 e. The summed E-state index contributed by atoms with van der Waals surface area (Å²) in [5, 5.41) is 0. The van der Waals surface area contributed by atoms with Crippen molar-refractivity contribution in [3.05, 3.63) is 98.1 Å². The van der Waals surface area contributed by atoms with E-state index in [2.05, 4.69) is 68.5 Å². The van der Waals surface area contributed by atoms with Crippen molar-refractivity contribution in [2.75, 3.05) is 0 Å². The standard InChI is InChI=1S/C20H16BN4/c1-9-22-10-2-17(1)21(18-3-11-23-12-4-18,19-5-13-24-14-6-19)20-7-15-25-16-8-20/h1-16H/q-1. The molecule has 4 rings (SSSR count). The molecule has 25 heavy (non-hydrogen) atoms. The fourth-order valence-electron chi connectivity index (χ4n) is 3.76. The molecule has 4 aromatic rings. The molecule has 120 valence electrons. The predicted molar refractivity (Wildman–Crippen MR) is 101 cm³/mol. The van der Waals surface area contributed by atoms with Crippen LogP contribution in [0.15, 0.2) is 98.1 Å². The van der Waals surface area contributed by atoms with Gasteiger partial charge in [-0.2, -0.15) is 21.9 Å². The van der Waals surface area contributed by atoms with Crippen LogP contribution in [-0.2, 0) is 0 Å². The van der Waals surface area contributed by atoms with Gasteiger partial charge in [-0.15, -0.1) is 0 Å². The molecule has 0 aliphatic rings. The molecule has 0 aliphatic heterocycles. The normalized spacial score (nSPS) is 11.2. The minimum Gasteiger partial charge on any atom is -0.265 e. The Morgan fingerprint density at radius 1 is 0.360 bits per heavy atom. The van der Waals surface area contributed by atoms with Gasteiger partial charge in [0.2, 0.25) is 0 Å². The highest BCUT2D eigenvalue weighted by atomic mass is 14.6. The number of nitrogens with zero attached hydrogens (tertiary/aromatic N) is 4. The molecular formula is C20H16BN4-. The lowest BCUT2D eigenvalue weighted by atomic mass is 9.13. The van der Waals surface area contributed by atoms with Crippen LogP contribution in [0, 0.1) is 0 Å². The molecule has 0 saturated heterocycles. The van der Waals surface area contributed by atoms with Gasteiger partial charge in [0, 0.05) is 49.6 Å². The van der Waals surface area contributed by atoms with Gasteiger partial charge >= 0.3 is 0 Å². The number of hydrogen-bond acceptors (Lipinski definition) is 4. The van der Waals surface area contributed by atoms with Gasteiger partial charge in [-0.1, -0.05) is 48.5 Å². The number of aromatic nitrogens is 4. The Morgan fingerprint density at radius 3 is 0.760 bits per heavy atom. The summed E-state index contributed by atoms with van der Waals surface area (Å²) in [5.41, 5.74) is 4.77. The highest BCUT2D eigenvalue weighted by Gasteiger charge is 2.31. The summed E-state index contributed by atoms with van der Waals surface area (Å²) in [6.45, 7) is 0. The van der Waals surface area contributed by atoms with E-state index in [1.54, 1.807) is 0 Å². The quantitative estimate of drug-likeness (QED) is 0.517. The van der Waals surface area contributed by atoms with Gasteiger partial charge in [-0.3, -0.25) is 19.9 Å². The zero-order chi connectivity index (χ0) is 17.0. The van der Waals surface area contributed by atoms with Crippen molar-refractivity contribution in [2.24, 2.45) is 0 Å². The molecule has 4 heterocycles. The lowest BCUT2D eigenvalue weighted by molar-refractivity contribution is 1.32. The fraction of sp³-hybridized carbons (Fsp3) is 0. The summed E-state index contributed by atoms with van der Waals surface area (Å²) in [6.07, 6.45) is 13.4. The van der Waals surface area contributed by atoms with Crippen LogP contribution in [0.25, 0.3) is 0 Å². The summed E-state index contributed by atoms with van der Waals surface area (Å²) in [6, 6.07) is 16.7. The lowest BCUT2D eigenvalue weighted by Crippen LogP contribution is -2.74. The Labute approximate surface area is 146 Å². The van der Waals surface area contributed by atoms with Crippen molar-refractivity contribution in [1.82, 2.24) is 19.9 Å². The molecule has 0 radical (unpaired) electrons. The molecule has 0 aromatic carbocycles. The first kappa shape index (κ1) is 15.2. The van der Waals surface area contributed by atoms with Crippen molar-refractivity contribution in [1.29, 1.82) is 0 Å². The molecule has 0 fully saturated rings. The van der Waals surface area contributed by atoms with Gasteiger partial charge < -0.3 is 0 Å². The van der Waals surface area contributed by atoms with Crippen LogP contribution in [0.4, 0.5) is 0 Å². The van der Waals surface area contributed by atoms with Crippen molar-refractivity contribution in [2.45, 2.75) is 0 Å². The zero-order valence-corrected chi connectivity index (χ0v) is 13.6. The second-order valence-electron chi connectivity index (χ2n) is 5.99.